The van der Waals surface area contributed by atoms with Gasteiger partial charge in [-0.25, -0.2) is 14.8 Å². The molecule has 2 amide bonds. The Hall–Kier alpha value is -3.83. The van der Waals surface area contributed by atoms with E-state index in [1.807, 2.05) is 26.8 Å². The highest BCUT2D eigenvalue weighted by Gasteiger charge is 2.36. The Bertz CT molecular complexity index is 1370. The Balaban J connectivity index is 1.69. The number of anilines is 2. The van der Waals surface area contributed by atoms with Gasteiger partial charge in [-0.05, 0) is 80.8 Å². The predicted molar refractivity (Wildman–Crippen MR) is 152 cm³/mol. The molecule has 39 heavy (non-hydrogen) atoms. The van der Waals surface area contributed by atoms with Gasteiger partial charge >= 0.3 is 6.09 Å². The van der Waals surface area contributed by atoms with Crippen LogP contribution < -0.4 is 21.1 Å². The molecule has 0 spiro atoms. The first kappa shape index (κ1) is 28.2. The minimum Gasteiger partial charge on any atom is -0.408 e. The second-order valence-electron chi connectivity index (χ2n) is 10.2. The minimum absolute atomic E-state index is 0.00698. The molecule has 2 heterocycles. The van der Waals surface area contributed by atoms with Crippen molar-refractivity contribution in [2.45, 2.75) is 45.2 Å². The number of piperidine rings is 1. The molecule has 0 atom stereocenters. The van der Waals surface area contributed by atoms with Crippen LogP contribution in [0, 0.1) is 0 Å². The summed E-state index contributed by atoms with van der Waals surface area (Å²) in [7, 11) is 0. The lowest BCUT2D eigenvalue weighted by atomic mass is 9.98. The number of ether oxygens (including phenoxy) is 1. The van der Waals surface area contributed by atoms with E-state index in [0.717, 1.165) is 25.9 Å². The number of amides is 2. The fraction of sp³-hybridized carbons (Fsp3) is 0.321. The Morgan fingerprint density at radius 3 is 2.44 bits per heavy atom. The molecule has 0 bridgehead atoms. The van der Waals surface area contributed by atoms with Crippen LogP contribution in [0.25, 0.3) is 0 Å². The average molecular weight is 595 g/mol. The molecular formula is C28H31BrN6O4. The van der Waals surface area contributed by atoms with E-state index in [4.69, 9.17) is 10.5 Å². The Morgan fingerprint density at radius 1 is 1.08 bits per heavy atom. The number of nitrogens with zero attached hydrogens (tertiary/aromatic N) is 3. The van der Waals surface area contributed by atoms with Gasteiger partial charge in [0.15, 0.2) is 23.0 Å². The first-order valence-corrected chi connectivity index (χ1v) is 13.4. The molecule has 0 saturated carbocycles. The highest BCUT2D eigenvalue weighted by atomic mass is 79.9. The quantitative estimate of drug-likeness (QED) is 0.350. The van der Waals surface area contributed by atoms with Crippen LogP contribution >= 0.6 is 15.9 Å². The topological polar surface area (TPSA) is 140 Å². The second-order valence-corrected chi connectivity index (χ2v) is 11.0. The highest BCUT2D eigenvalue weighted by molar-refractivity contribution is 9.10. The number of benzene rings is 2. The van der Waals surface area contributed by atoms with Crippen LogP contribution in [0.3, 0.4) is 0 Å². The minimum atomic E-state index is -0.672. The molecule has 204 valence electrons. The predicted octanol–water partition coefficient (Wildman–Crippen LogP) is 4.66. The van der Waals surface area contributed by atoms with Crippen molar-refractivity contribution in [1.82, 2.24) is 20.2 Å². The molecule has 1 saturated heterocycles. The monoisotopic (exact) mass is 594 g/mol. The zero-order chi connectivity index (χ0) is 28.2. The zero-order valence-electron chi connectivity index (χ0n) is 22.0. The van der Waals surface area contributed by atoms with Crippen molar-refractivity contribution in [2.75, 3.05) is 24.1 Å². The summed E-state index contributed by atoms with van der Waals surface area (Å²) in [6, 6.07) is 13.3. The van der Waals surface area contributed by atoms with Crippen molar-refractivity contribution in [3.8, 4) is 5.75 Å². The van der Waals surface area contributed by atoms with Gasteiger partial charge in [0.2, 0.25) is 0 Å². The molecular weight excluding hydrogens is 564 g/mol. The molecule has 0 unspecified atom stereocenters. The maximum absolute atomic E-state index is 13.6. The third-order valence-electron chi connectivity index (χ3n) is 6.30. The van der Waals surface area contributed by atoms with Gasteiger partial charge in [-0.2, -0.15) is 0 Å². The van der Waals surface area contributed by atoms with Gasteiger partial charge in [-0.3, -0.25) is 14.5 Å². The zero-order valence-corrected chi connectivity index (χ0v) is 23.6. The van der Waals surface area contributed by atoms with Gasteiger partial charge in [0.25, 0.3) is 5.91 Å². The fourth-order valence-electron chi connectivity index (χ4n) is 4.52. The van der Waals surface area contributed by atoms with Crippen LogP contribution in [-0.4, -0.2) is 57.3 Å². The molecule has 0 aliphatic carbocycles. The van der Waals surface area contributed by atoms with Crippen LogP contribution in [0.2, 0.25) is 0 Å². The molecule has 1 aliphatic heterocycles. The summed E-state index contributed by atoms with van der Waals surface area (Å²) in [6.45, 7) is 7.47. The lowest BCUT2D eigenvalue weighted by molar-refractivity contribution is 0.0645. The molecule has 10 nitrogen and oxygen atoms in total. The van der Waals surface area contributed by atoms with Gasteiger partial charge in [-0.15, -0.1) is 0 Å². The van der Waals surface area contributed by atoms with E-state index in [0.29, 0.717) is 15.7 Å². The molecule has 3 aromatic rings. The molecule has 4 rings (SSSR count). The number of halogens is 1. The summed E-state index contributed by atoms with van der Waals surface area (Å²) in [5.74, 6) is -0.913. The summed E-state index contributed by atoms with van der Waals surface area (Å²) < 4.78 is 6.21. The Labute approximate surface area is 235 Å². The van der Waals surface area contributed by atoms with Gasteiger partial charge in [0.05, 0.1) is 11.9 Å². The van der Waals surface area contributed by atoms with Crippen molar-refractivity contribution in [3.63, 3.8) is 0 Å². The number of ketones is 1. The average Bonchev–Trinajstić information content (AvgIpc) is 2.91. The summed E-state index contributed by atoms with van der Waals surface area (Å²) in [4.78, 5) is 49.7. The third-order valence-corrected chi connectivity index (χ3v) is 6.68. The van der Waals surface area contributed by atoms with E-state index in [-0.39, 0.29) is 34.8 Å². The number of nitrogen functional groups attached to an aromatic ring is 1. The second kappa shape index (κ2) is 11.9. The Morgan fingerprint density at radius 2 is 1.77 bits per heavy atom. The summed E-state index contributed by atoms with van der Waals surface area (Å²) >= 11 is 3.19. The highest BCUT2D eigenvalue weighted by Crippen LogP contribution is 2.31. The normalized spacial score (nSPS) is 13.9. The fourth-order valence-corrected chi connectivity index (χ4v) is 4.80. The lowest BCUT2D eigenvalue weighted by Gasteiger charge is -2.42. The van der Waals surface area contributed by atoms with Gasteiger partial charge in [0.1, 0.15) is 4.60 Å². The molecule has 0 radical (unpaired) electrons. The molecule has 11 heteroatoms. The number of nitrogens with one attached hydrogen (secondary N) is 2. The molecule has 1 aromatic heterocycles. The van der Waals surface area contributed by atoms with Gasteiger partial charge < -0.3 is 21.1 Å². The van der Waals surface area contributed by atoms with E-state index >= 15 is 0 Å². The van der Waals surface area contributed by atoms with E-state index in [1.54, 1.807) is 35.2 Å². The van der Waals surface area contributed by atoms with Crippen molar-refractivity contribution in [3.05, 3.63) is 76.2 Å². The van der Waals surface area contributed by atoms with Crippen LogP contribution in [0.5, 0.6) is 5.75 Å². The van der Waals surface area contributed by atoms with Gasteiger partial charge in [-0.1, -0.05) is 30.3 Å². The number of carbonyl (C=O) groups is 3. The number of hydrogen-bond acceptors (Lipinski definition) is 8. The van der Waals surface area contributed by atoms with E-state index < -0.39 is 17.5 Å². The molecule has 2 aromatic carbocycles. The summed E-state index contributed by atoms with van der Waals surface area (Å²) in [5.41, 5.74) is 6.16. The van der Waals surface area contributed by atoms with Gasteiger partial charge in [0, 0.05) is 22.7 Å². The molecule has 1 fully saturated rings. The summed E-state index contributed by atoms with van der Waals surface area (Å²) in [5, 5.41) is 6.02. The van der Waals surface area contributed by atoms with Crippen molar-refractivity contribution >= 4 is 45.2 Å². The van der Waals surface area contributed by atoms with Crippen LogP contribution in [0.15, 0.2) is 59.3 Å². The standard InChI is InChI=1S/C28H31BrN6O4/c1-28(2,3)35(19-11-13-31-14-12-19)27(38)39-21-10-9-18(24(36)17-7-5-4-6-8-17)15-20(21)33-26(37)23-25(30)32-16-22(29)34-23/h4-10,15-16,19,31H,11-14H2,1-3H3,(H2,30,32)(H,33,37). The molecule has 4 N–H and O–H groups in total. The first-order chi connectivity index (χ1) is 18.5. The SMILES string of the molecule is CC(C)(C)N(C(=O)Oc1ccc(C(=O)c2ccccc2)cc1NC(=O)c1nc(Br)cnc1N)C1CCNCC1. The number of rotatable bonds is 6. The number of hydrogen-bond donors (Lipinski definition) is 3. The van der Waals surface area contributed by atoms with Crippen LogP contribution in [0.4, 0.5) is 16.3 Å². The van der Waals surface area contributed by atoms with Crippen LogP contribution in [0.1, 0.15) is 60.0 Å². The van der Waals surface area contributed by atoms with Crippen LogP contribution in [-0.2, 0) is 0 Å². The largest absolute Gasteiger partial charge is 0.415 e. The van der Waals surface area contributed by atoms with E-state index in [1.165, 1.54) is 18.3 Å². The summed E-state index contributed by atoms with van der Waals surface area (Å²) in [6.07, 6.45) is 2.41. The van der Waals surface area contributed by atoms with Crippen molar-refractivity contribution in [1.29, 1.82) is 0 Å². The number of nitrogens with two attached hydrogens (primary N) is 1. The van der Waals surface area contributed by atoms with E-state index in [9.17, 15) is 14.4 Å². The smallest absolute Gasteiger partial charge is 0.408 e. The van der Waals surface area contributed by atoms with Crippen molar-refractivity contribution < 1.29 is 19.1 Å². The maximum atomic E-state index is 13.6. The van der Waals surface area contributed by atoms with E-state index in [2.05, 4.69) is 36.5 Å². The van der Waals surface area contributed by atoms with Crippen molar-refractivity contribution in [2.24, 2.45) is 0 Å². The number of carbonyl (C=O) groups excluding carboxylic acids is 3. The number of aromatic nitrogens is 2. The molecule has 1 aliphatic rings. The maximum Gasteiger partial charge on any atom is 0.415 e. The first-order valence-electron chi connectivity index (χ1n) is 12.6. The lowest BCUT2D eigenvalue weighted by Crippen LogP contribution is -2.55. The Kier molecular flexibility index (Phi) is 8.61. The third kappa shape index (κ3) is 6.79.